The molecule has 0 saturated heterocycles. The van der Waals surface area contributed by atoms with Gasteiger partial charge in [-0.2, -0.15) is 0 Å². The first-order valence-corrected chi connectivity index (χ1v) is 15.8. The number of hydrogen-bond acceptors (Lipinski definition) is 6. The zero-order valence-corrected chi connectivity index (χ0v) is 25.2. The maximum atomic E-state index is 14.2. The number of nitrogens with one attached hydrogen (secondary N) is 2. The van der Waals surface area contributed by atoms with Crippen molar-refractivity contribution in [2.45, 2.75) is 76.4 Å². The van der Waals surface area contributed by atoms with Gasteiger partial charge in [0.25, 0.3) is 11.8 Å². The lowest BCUT2D eigenvalue weighted by Gasteiger charge is -2.29. The predicted octanol–water partition coefficient (Wildman–Crippen LogP) is 5.61. The van der Waals surface area contributed by atoms with Crippen molar-refractivity contribution >= 4 is 11.8 Å². The fourth-order valence-corrected chi connectivity index (χ4v) is 6.10. The molecule has 6 rings (SSSR count). The Kier molecular flexibility index (Phi) is 9.49. The highest BCUT2D eigenvalue weighted by molar-refractivity contribution is 5.96. The fraction of sp³-hybridized carbons (Fsp3) is 0.371. The summed E-state index contributed by atoms with van der Waals surface area (Å²) >= 11 is 0. The summed E-state index contributed by atoms with van der Waals surface area (Å²) in [5.41, 5.74) is 3.55. The molecule has 1 saturated carbocycles. The first-order valence-electron chi connectivity index (χ1n) is 15.8. The first kappa shape index (κ1) is 30.5. The van der Waals surface area contributed by atoms with Gasteiger partial charge in [-0.25, -0.2) is 14.4 Å². The van der Waals surface area contributed by atoms with E-state index in [0.29, 0.717) is 37.1 Å². The number of benzene rings is 2. The lowest BCUT2D eigenvalue weighted by molar-refractivity contribution is 0.0887. The van der Waals surface area contributed by atoms with Crippen molar-refractivity contribution in [1.82, 2.24) is 25.2 Å². The van der Waals surface area contributed by atoms with E-state index < -0.39 is 11.7 Å². The molecule has 4 aromatic rings. The van der Waals surface area contributed by atoms with Crippen LogP contribution >= 0.6 is 0 Å². The Bertz CT molecular complexity index is 1620. The molecule has 10 heteroatoms. The third kappa shape index (κ3) is 7.57. The van der Waals surface area contributed by atoms with E-state index >= 15 is 0 Å². The zero-order valence-electron chi connectivity index (χ0n) is 25.2. The highest BCUT2D eigenvalue weighted by Crippen LogP contribution is 2.29. The molecule has 2 amide bonds. The molecule has 0 spiro atoms. The van der Waals surface area contributed by atoms with Crippen LogP contribution in [0.4, 0.5) is 4.39 Å². The molecule has 2 aromatic carbocycles. The molecule has 3 N–H and O–H groups in total. The summed E-state index contributed by atoms with van der Waals surface area (Å²) in [6, 6.07) is 16.6. The number of nitrogens with zero attached hydrogens (tertiary/aromatic N) is 3. The number of carbonyl (C=O) groups is 2. The topological polar surface area (TPSA) is 118 Å². The second-order valence-electron chi connectivity index (χ2n) is 11.8. The SMILES string of the molecule is O=C(N[C@H]1CC[C@H](NC(=O)c2cc(F)cnc2Oc2cccc(-c3ccc(CCCO)cc3)c2)CC1)c1cn2c(n1)CCCC2. The first-order chi connectivity index (χ1) is 21.9. The molecule has 45 heavy (non-hydrogen) atoms. The van der Waals surface area contributed by atoms with Crippen molar-refractivity contribution in [2.24, 2.45) is 0 Å². The number of fused-ring (bicyclic) bond motifs is 1. The Morgan fingerprint density at radius 1 is 0.956 bits per heavy atom. The number of aromatic nitrogens is 3. The van der Waals surface area contributed by atoms with Crippen molar-refractivity contribution < 1.29 is 23.8 Å². The Labute approximate surface area is 261 Å². The Hall–Kier alpha value is -4.57. The number of amides is 2. The number of aryl methyl sites for hydroxylation is 3. The molecule has 1 fully saturated rings. The molecule has 0 bridgehead atoms. The van der Waals surface area contributed by atoms with Gasteiger partial charge >= 0.3 is 0 Å². The van der Waals surface area contributed by atoms with Gasteiger partial charge in [-0.15, -0.1) is 0 Å². The van der Waals surface area contributed by atoms with E-state index in [1.54, 1.807) is 6.07 Å². The second kappa shape index (κ2) is 14.0. The average molecular weight is 612 g/mol. The molecular weight excluding hydrogens is 573 g/mol. The monoisotopic (exact) mass is 611 g/mol. The average Bonchev–Trinajstić information content (AvgIpc) is 3.51. The van der Waals surface area contributed by atoms with Gasteiger partial charge in [0.15, 0.2) is 0 Å². The second-order valence-corrected chi connectivity index (χ2v) is 11.8. The maximum absolute atomic E-state index is 14.2. The number of halogens is 1. The van der Waals surface area contributed by atoms with Crippen molar-refractivity contribution in [3.8, 4) is 22.8 Å². The summed E-state index contributed by atoms with van der Waals surface area (Å²) in [5, 5.41) is 15.2. The highest BCUT2D eigenvalue weighted by atomic mass is 19.1. The van der Waals surface area contributed by atoms with Crippen LogP contribution in [0.5, 0.6) is 11.6 Å². The van der Waals surface area contributed by atoms with Crippen LogP contribution in [0.25, 0.3) is 11.1 Å². The smallest absolute Gasteiger partial charge is 0.271 e. The van der Waals surface area contributed by atoms with E-state index in [0.717, 1.165) is 73.4 Å². The lowest BCUT2D eigenvalue weighted by atomic mass is 9.91. The van der Waals surface area contributed by atoms with Crippen LogP contribution in [0.1, 0.15) is 77.2 Å². The third-order valence-electron chi connectivity index (χ3n) is 8.56. The van der Waals surface area contributed by atoms with Crippen molar-refractivity contribution in [3.05, 3.63) is 95.5 Å². The number of ether oxygens (including phenoxy) is 1. The Morgan fingerprint density at radius 3 is 2.44 bits per heavy atom. The molecule has 0 atom stereocenters. The fourth-order valence-electron chi connectivity index (χ4n) is 6.10. The molecule has 2 aromatic heterocycles. The summed E-state index contributed by atoms with van der Waals surface area (Å²) in [5.74, 6) is 0.226. The van der Waals surface area contributed by atoms with Crippen LogP contribution in [0, 0.1) is 5.82 Å². The van der Waals surface area contributed by atoms with E-state index in [1.807, 2.05) is 48.7 Å². The van der Waals surface area contributed by atoms with Crippen LogP contribution in [0.2, 0.25) is 0 Å². The van der Waals surface area contributed by atoms with Gasteiger partial charge in [-0.3, -0.25) is 9.59 Å². The number of hydrogen-bond donors (Lipinski definition) is 3. The van der Waals surface area contributed by atoms with Crippen LogP contribution in [0.15, 0.2) is 67.0 Å². The van der Waals surface area contributed by atoms with E-state index in [1.165, 1.54) is 0 Å². The van der Waals surface area contributed by atoms with E-state index in [-0.39, 0.29) is 36.0 Å². The van der Waals surface area contributed by atoms with Gasteiger partial charge < -0.3 is 25.0 Å². The number of rotatable bonds is 10. The van der Waals surface area contributed by atoms with E-state index in [2.05, 4.69) is 25.2 Å². The Balaban J connectivity index is 1.05. The summed E-state index contributed by atoms with van der Waals surface area (Å²) in [6.07, 6.45) is 10.3. The predicted molar refractivity (Wildman–Crippen MR) is 168 cm³/mol. The summed E-state index contributed by atoms with van der Waals surface area (Å²) in [7, 11) is 0. The summed E-state index contributed by atoms with van der Waals surface area (Å²) in [6.45, 7) is 1.07. The molecule has 0 radical (unpaired) electrons. The van der Waals surface area contributed by atoms with Crippen molar-refractivity contribution in [2.75, 3.05) is 6.61 Å². The van der Waals surface area contributed by atoms with Crippen molar-refractivity contribution in [1.29, 1.82) is 0 Å². The van der Waals surface area contributed by atoms with Gasteiger partial charge in [-0.05, 0) is 86.3 Å². The third-order valence-corrected chi connectivity index (χ3v) is 8.56. The number of aliphatic hydroxyl groups is 1. The van der Waals surface area contributed by atoms with Crippen LogP contribution in [-0.2, 0) is 19.4 Å². The lowest BCUT2D eigenvalue weighted by Crippen LogP contribution is -2.44. The molecule has 1 aliphatic heterocycles. The van der Waals surface area contributed by atoms with Gasteiger partial charge in [0.2, 0.25) is 5.88 Å². The number of imidazole rings is 1. The molecule has 1 aliphatic carbocycles. The molecule has 3 heterocycles. The largest absolute Gasteiger partial charge is 0.438 e. The Morgan fingerprint density at radius 2 is 1.71 bits per heavy atom. The minimum atomic E-state index is -0.630. The summed E-state index contributed by atoms with van der Waals surface area (Å²) in [4.78, 5) is 34.8. The standard InChI is InChI=1S/C35H38FN5O4/c36-26-20-30(35(37-21-26)45-29-7-3-6-25(19-29)24-11-9-23(10-12-24)5-4-18-42)33(43)38-27-13-15-28(16-14-27)39-34(44)31-22-41-17-2-1-8-32(41)40-31/h3,6-7,9-12,19-22,27-28,42H,1-2,4-5,8,13-18H2,(H,38,43)(H,39,44)/t27-,28-. The number of carbonyl (C=O) groups excluding carboxylic acids is 2. The molecule has 9 nitrogen and oxygen atoms in total. The number of aliphatic hydroxyl groups excluding tert-OH is 1. The molecule has 2 aliphatic rings. The quantitative estimate of drug-likeness (QED) is 0.215. The van der Waals surface area contributed by atoms with Crippen LogP contribution in [0.3, 0.4) is 0 Å². The number of pyridine rings is 1. The van der Waals surface area contributed by atoms with E-state index in [9.17, 15) is 14.0 Å². The maximum Gasteiger partial charge on any atom is 0.271 e. The van der Waals surface area contributed by atoms with Gasteiger partial charge in [0.1, 0.15) is 28.6 Å². The van der Waals surface area contributed by atoms with E-state index in [4.69, 9.17) is 9.84 Å². The summed E-state index contributed by atoms with van der Waals surface area (Å²) < 4.78 is 22.3. The normalized spacial score (nSPS) is 17.7. The van der Waals surface area contributed by atoms with Crippen LogP contribution in [-0.4, -0.2) is 50.1 Å². The van der Waals surface area contributed by atoms with Gasteiger partial charge in [0.05, 0.1) is 6.20 Å². The van der Waals surface area contributed by atoms with Gasteiger partial charge in [0, 0.05) is 37.9 Å². The van der Waals surface area contributed by atoms with Crippen molar-refractivity contribution in [3.63, 3.8) is 0 Å². The highest BCUT2D eigenvalue weighted by Gasteiger charge is 2.27. The van der Waals surface area contributed by atoms with Gasteiger partial charge in [-0.1, -0.05) is 36.4 Å². The molecule has 234 valence electrons. The molecular formula is C35H38FN5O4. The van der Waals surface area contributed by atoms with Crippen LogP contribution < -0.4 is 15.4 Å². The minimum Gasteiger partial charge on any atom is -0.438 e. The molecule has 0 unspecified atom stereocenters. The minimum absolute atomic E-state index is 0.00290. The zero-order chi connectivity index (χ0) is 31.2.